The second-order valence-corrected chi connectivity index (χ2v) is 11.1. The predicted octanol–water partition coefficient (Wildman–Crippen LogP) is 6.55. The van der Waals surface area contributed by atoms with Crippen LogP contribution in [0, 0.1) is 0 Å². The monoisotopic (exact) mass is 537 g/mol. The van der Waals surface area contributed by atoms with Crippen LogP contribution in [0.15, 0.2) is 67.3 Å². The number of hydrogen-bond acceptors (Lipinski definition) is 5. The molecule has 208 valence electrons. The third-order valence-corrected chi connectivity index (χ3v) is 7.78. The third kappa shape index (κ3) is 6.24. The lowest BCUT2D eigenvalue weighted by Gasteiger charge is -2.31. The number of phenols is 1. The molecular formula is C33H39N5O2. The molecular weight excluding hydrogens is 498 g/mol. The highest BCUT2D eigenvalue weighted by molar-refractivity contribution is 5.98. The van der Waals surface area contributed by atoms with E-state index >= 15 is 0 Å². The first-order valence-corrected chi connectivity index (χ1v) is 14.5. The molecule has 4 aromatic rings. The van der Waals surface area contributed by atoms with Gasteiger partial charge < -0.3 is 10.0 Å². The van der Waals surface area contributed by atoms with Gasteiger partial charge in [0.25, 0.3) is 0 Å². The zero-order chi connectivity index (χ0) is 28.1. The number of aromatic nitrogens is 4. The lowest BCUT2D eigenvalue weighted by molar-refractivity contribution is -0.120. The highest BCUT2D eigenvalue weighted by atomic mass is 16.3. The van der Waals surface area contributed by atoms with E-state index in [1.807, 2.05) is 52.4 Å². The molecule has 5 rings (SSSR count). The summed E-state index contributed by atoms with van der Waals surface area (Å²) in [6.45, 7) is 7.37. The van der Waals surface area contributed by atoms with Gasteiger partial charge in [0.15, 0.2) is 0 Å². The van der Waals surface area contributed by atoms with Crippen LogP contribution in [0.5, 0.6) is 5.75 Å². The maximum atomic E-state index is 14.2. The van der Waals surface area contributed by atoms with Gasteiger partial charge in [-0.1, -0.05) is 45.4 Å². The molecule has 1 atom stereocenters. The van der Waals surface area contributed by atoms with E-state index in [9.17, 15) is 9.90 Å². The fraction of sp³-hybridized carbons (Fsp3) is 0.394. The fourth-order valence-corrected chi connectivity index (χ4v) is 5.47. The van der Waals surface area contributed by atoms with Gasteiger partial charge in [-0.3, -0.25) is 19.4 Å². The first-order valence-electron chi connectivity index (χ1n) is 14.5. The van der Waals surface area contributed by atoms with Crippen LogP contribution >= 0.6 is 0 Å². The van der Waals surface area contributed by atoms with Gasteiger partial charge in [0.05, 0.1) is 42.8 Å². The Kier molecular flexibility index (Phi) is 8.58. The van der Waals surface area contributed by atoms with Crippen LogP contribution in [-0.4, -0.2) is 30.8 Å². The van der Waals surface area contributed by atoms with Gasteiger partial charge >= 0.3 is 0 Å². The van der Waals surface area contributed by atoms with Crippen LogP contribution in [0.1, 0.15) is 91.9 Å². The Morgan fingerprint density at radius 2 is 1.95 bits per heavy atom. The van der Waals surface area contributed by atoms with Crippen LogP contribution in [0.2, 0.25) is 0 Å². The SMILES string of the molecule is CCCCc1ccc(Cn2cc(CN(C(=O)C3CCCc4c(O)cccc43)c3ccc(C(C)C)nc3)cn2)nc1. The second-order valence-electron chi connectivity index (χ2n) is 11.1. The molecule has 0 bridgehead atoms. The average molecular weight is 538 g/mol. The quantitative estimate of drug-likeness (QED) is 0.248. The molecule has 1 N–H and O–H groups in total. The van der Waals surface area contributed by atoms with Gasteiger partial charge in [-0.25, -0.2) is 0 Å². The number of anilines is 1. The summed E-state index contributed by atoms with van der Waals surface area (Å²) in [5, 5.41) is 15.0. The van der Waals surface area contributed by atoms with Crippen molar-refractivity contribution in [2.75, 3.05) is 4.90 Å². The molecule has 3 heterocycles. The summed E-state index contributed by atoms with van der Waals surface area (Å²) >= 11 is 0. The third-order valence-electron chi connectivity index (χ3n) is 7.78. The van der Waals surface area contributed by atoms with Crippen molar-refractivity contribution in [1.29, 1.82) is 0 Å². The molecule has 1 unspecified atom stereocenters. The number of nitrogens with zero attached hydrogens (tertiary/aromatic N) is 5. The van der Waals surface area contributed by atoms with Crippen molar-refractivity contribution >= 4 is 11.6 Å². The minimum Gasteiger partial charge on any atom is -0.508 e. The molecule has 3 aromatic heterocycles. The van der Waals surface area contributed by atoms with E-state index < -0.39 is 0 Å². The van der Waals surface area contributed by atoms with E-state index in [0.717, 1.165) is 59.4 Å². The van der Waals surface area contributed by atoms with Crippen LogP contribution in [0.25, 0.3) is 0 Å². The Balaban J connectivity index is 1.38. The first-order chi connectivity index (χ1) is 19.4. The summed E-state index contributed by atoms with van der Waals surface area (Å²) in [5.41, 5.74) is 6.72. The summed E-state index contributed by atoms with van der Waals surface area (Å²) < 4.78 is 1.88. The molecule has 0 spiro atoms. The summed E-state index contributed by atoms with van der Waals surface area (Å²) in [4.78, 5) is 25.3. The number of phenolic OH excluding ortho intramolecular Hbond substituents is 1. The van der Waals surface area contributed by atoms with Gasteiger partial charge in [0, 0.05) is 23.7 Å². The molecule has 7 nitrogen and oxygen atoms in total. The molecule has 0 saturated heterocycles. The summed E-state index contributed by atoms with van der Waals surface area (Å²) in [7, 11) is 0. The number of rotatable bonds is 10. The van der Waals surface area contributed by atoms with Crippen molar-refractivity contribution in [1.82, 2.24) is 19.7 Å². The number of carbonyl (C=O) groups is 1. The highest BCUT2D eigenvalue weighted by Crippen LogP contribution is 2.38. The Hall–Kier alpha value is -4.00. The van der Waals surface area contributed by atoms with Gasteiger partial charge in [-0.15, -0.1) is 0 Å². The van der Waals surface area contributed by atoms with Gasteiger partial charge in [0.1, 0.15) is 5.75 Å². The lowest BCUT2D eigenvalue weighted by Crippen LogP contribution is -2.36. The topological polar surface area (TPSA) is 84.1 Å². The van der Waals surface area contributed by atoms with E-state index in [4.69, 9.17) is 0 Å². The van der Waals surface area contributed by atoms with Crippen molar-refractivity contribution in [3.8, 4) is 5.75 Å². The molecule has 40 heavy (non-hydrogen) atoms. The van der Waals surface area contributed by atoms with Crippen molar-refractivity contribution in [3.05, 3.63) is 101 Å². The Morgan fingerprint density at radius 3 is 2.67 bits per heavy atom. The van der Waals surface area contributed by atoms with Crippen LogP contribution in [-0.2, 0) is 30.7 Å². The number of aryl methyl sites for hydroxylation is 1. The number of benzene rings is 1. The summed E-state index contributed by atoms with van der Waals surface area (Å²) in [6.07, 6.45) is 13.4. The first kappa shape index (κ1) is 27.6. The van der Waals surface area contributed by atoms with Crippen molar-refractivity contribution in [2.24, 2.45) is 0 Å². The van der Waals surface area contributed by atoms with Gasteiger partial charge in [0.2, 0.25) is 5.91 Å². The number of carbonyl (C=O) groups excluding carboxylic acids is 1. The number of amides is 1. The molecule has 1 amide bonds. The maximum absolute atomic E-state index is 14.2. The number of unbranched alkanes of at least 4 members (excludes halogenated alkanes) is 1. The largest absolute Gasteiger partial charge is 0.508 e. The Labute approximate surface area is 236 Å². The maximum Gasteiger partial charge on any atom is 0.234 e. The second kappa shape index (κ2) is 12.5. The lowest BCUT2D eigenvalue weighted by atomic mass is 9.81. The van der Waals surface area contributed by atoms with E-state index in [2.05, 4.69) is 48.0 Å². The zero-order valence-corrected chi connectivity index (χ0v) is 23.8. The Morgan fingerprint density at radius 1 is 1.07 bits per heavy atom. The molecule has 1 aromatic carbocycles. The van der Waals surface area contributed by atoms with E-state index in [0.29, 0.717) is 19.0 Å². The van der Waals surface area contributed by atoms with E-state index in [1.165, 1.54) is 18.4 Å². The van der Waals surface area contributed by atoms with E-state index in [1.54, 1.807) is 12.3 Å². The van der Waals surface area contributed by atoms with E-state index in [-0.39, 0.29) is 17.6 Å². The average Bonchev–Trinajstić information content (AvgIpc) is 3.42. The predicted molar refractivity (Wildman–Crippen MR) is 157 cm³/mol. The summed E-state index contributed by atoms with van der Waals surface area (Å²) in [6, 6.07) is 13.7. The number of hydrogen-bond donors (Lipinski definition) is 1. The number of aromatic hydroxyl groups is 1. The molecule has 0 fully saturated rings. The van der Waals surface area contributed by atoms with Crippen molar-refractivity contribution in [3.63, 3.8) is 0 Å². The number of fused-ring (bicyclic) bond motifs is 1. The smallest absolute Gasteiger partial charge is 0.234 e. The standard InChI is InChI=1S/C33H39N5O2/c1-4-5-8-24-13-14-26(34-17-24)22-37-20-25(18-36-37)21-38(27-15-16-31(23(2)3)35-19-27)33(40)30-11-6-10-29-28(30)9-7-12-32(29)39/h7,9,12-20,23,30,39H,4-6,8,10-11,21-22H2,1-3H3. The van der Waals surface area contributed by atoms with Crippen LogP contribution < -0.4 is 4.90 Å². The molecule has 0 aliphatic heterocycles. The molecule has 1 aliphatic rings. The Bertz CT molecular complexity index is 1430. The zero-order valence-electron chi connectivity index (χ0n) is 23.8. The normalized spacial score (nSPS) is 14.8. The van der Waals surface area contributed by atoms with Crippen molar-refractivity contribution < 1.29 is 9.90 Å². The molecule has 1 aliphatic carbocycles. The fourth-order valence-electron chi connectivity index (χ4n) is 5.47. The minimum atomic E-state index is -0.314. The van der Waals surface area contributed by atoms with Gasteiger partial charge in [-0.05, 0) is 79.0 Å². The van der Waals surface area contributed by atoms with Gasteiger partial charge in [-0.2, -0.15) is 5.10 Å². The van der Waals surface area contributed by atoms with Crippen LogP contribution in [0.3, 0.4) is 0 Å². The minimum absolute atomic E-state index is 0.0164. The highest BCUT2D eigenvalue weighted by Gasteiger charge is 2.32. The summed E-state index contributed by atoms with van der Waals surface area (Å²) in [5.74, 6) is 0.283. The molecule has 0 radical (unpaired) electrons. The number of pyridine rings is 2. The molecule has 0 saturated carbocycles. The van der Waals surface area contributed by atoms with Crippen LogP contribution in [0.4, 0.5) is 5.69 Å². The van der Waals surface area contributed by atoms with Crippen molar-refractivity contribution in [2.45, 2.75) is 84.2 Å². The molecule has 7 heteroatoms.